The van der Waals surface area contributed by atoms with Gasteiger partial charge in [0.2, 0.25) is 10.0 Å². The van der Waals surface area contributed by atoms with Crippen molar-refractivity contribution < 1.29 is 17.9 Å². The summed E-state index contributed by atoms with van der Waals surface area (Å²) in [4.78, 5) is 19.2. The number of nitrogens with one attached hydrogen (secondary N) is 2. The highest BCUT2D eigenvalue weighted by atomic mass is 32.2. The predicted molar refractivity (Wildman–Crippen MR) is 83.4 cm³/mol. The maximum atomic E-state index is 12.1. The number of fused-ring (bicyclic) bond motifs is 1. The van der Waals surface area contributed by atoms with E-state index in [1.165, 1.54) is 6.07 Å². The van der Waals surface area contributed by atoms with Gasteiger partial charge in [-0.05, 0) is 31.0 Å². The molecular weight excluding hydrogens is 306 g/mol. The smallest absolute Gasteiger partial charge is 0.294 e. The van der Waals surface area contributed by atoms with E-state index < -0.39 is 15.9 Å². The molecule has 1 amide bonds. The van der Waals surface area contributed by atoms with Crippen LogP contribution in [0, 0.1) is 5.92 Å². The first-order valence-corrected chi connectivity index (χ1v) is 8.63. The third kappa shape index (κ3) is 3.97. The maximum absolute atomic E-state index is 12.1. The number of hydrogen-bond acceptors (Lipinski definition) is 5. The van der Waals surface area contributed by atoms with E-state index in [1.54, 1.807) is 26.0 Å². The minimum atomic E-state index is -3.63. The van der Waals surface area contributed by atoms with Crippen LogP contribution < -0.4 is 9.46 Å². The number of hydrogen-bond donors (Lipinski definition) is 2. The normalized spacial score (nSPS) is 11.8. The molecule has 0 atom stereocenters. The number of benzene rings is 1. The topological polar surface area (TPSA) is 101 Å². The fourth-order valence-corrected chi connectivity index (χ4v) is 3.37. The quantitative estimate of drug-likeness (QED) is 0.841. The summed E-state index contributed by atoms with van der Waals surface area (Å²) < 4.78 is 30.9. The van der Waals surface area contributed by atoms with Crippen LogP contribution in [-0.4, -0.2) is 36.7 Å². The highest BCUT2D eigenvalue weighted by Gasteiger charge is 2.18. The number of aromatic nitrogens is 2. The van der Waals surface area contributed by atoms with Crippen molar-refractivity contribution in [3.05, 3.63) is 23.8 Å². The number of imidazole rings is 1. The zero-order valence-corrected chi connectivity index (χ0v) is 13.5. The van der Waals surface area contributed by atoms with Gasteiger partial charge in [0.15, 0.2) is 0 Å². The lowest BCUT2D eigenvalue weighted by Gasteiger charge is -2.08. The number of sulfonamides is 1. The minimum absolute atomic E-state index is 0.0610. The van der Waals surface area contributed by atoms with Crippen LogP contribution in [0.1, 0.15) is 31.1 Å². The summed E-state index contributed by atoms with van der Waals surface area (Å²) in [5.74, 6) is -0.816. The van der Waals surface area contributed by atoms with E-state index in [4.69, 9.17) is 4.74 Å². The Kier molecular flexibility index (Phi) is 4.70. The highest BCUT2D eigenvalue weighted by molar-refractivity contribution is 7.90. The van der Waals surface area contributed by atoms with Gasteiger partial charge in [0.05, 0.1) is 23.4 Å². The average molecular weight is 325 g/mol. The van der Waals surface area contributed by atoms with Crippen molar-refractivity contribution in [3.8, 4) is 6.01 Å². The number of carbonyl (C=O) groups excluding carboxylic acids is 1. The molecule has 0 fully saturated rings. The monoisotopic (exact) mass is 325 g/mol. The van der Waals surface area contributed by atoms with Crippen molar-refractivity contribution in [1.29, 1.82) is 0 Å². The molecule has 8 heteroatoms. The summed E-state index contributed by atoms with van der Waals surface area (Å²) in [5.41, 5.74) is 1.49. The molecule has 0 saturated carbocycles. The van der Waals surface area contributed by atoms with Crippen LogP contribution in [0.15, 0.2) is 18.2 Å². The van der Waals surface area contributed by atoms with Gasteiger partial charge in [-0.25, -0.2) is 13.1 Å². The van der Waals surface area contributed by atoms with Crippen molar-refractivity contribution in [2.45, 2.75) is 20.8 Å². The fourth-order valence-electron chi connectivity index (χ4n) is 2.01. The average Bonchev–Trinajstić information content (AvgIpc) is 2.77. The molecule has 0 radical (unpaired) electrons. The van der Waals surface area contributed by atoms with Gasteiger partial charge in [-0.3, -0.25) is 4.79 Å². The Bertz CT molecular complexity index is 780. The van der Waals surface area contributed by atoms with Crippen LogP contribution >= 0.6 is 0 Å². The van der Waals surface area contributed by atoms with Crippen LogP contribution in [0.25, 0.3) is 11.0 Å². The first-order chi connectivity index (χ1) is 10.3. The lowest BCUT2D eigenvalue weighted by atomic mass is 10.2. The second-order valence-electron chi connectivity index (χ2n) is 5.31. The molecule has 0 unspecified atom stereocenters. The molecule has 1 heterocycles. The summed E-state index contributed by atoms with van der Waals surface area (Å²) in [5, 5.41) is 0. The zero-order valence-electron chi connectivity index (χ0n) is 12.7. The molecule has 0 spiro atoms. The summed E-state index contributed by atoms with van der Waals surface area (Å²) >= 11 is 0. The second-order valence-corrected chi connectivity index (χ2v) is 7.08. The van der Waals surface area contributed by atoms with Crippen molar-refractivity contribution in [2.75, 3.05) is 12.4 Å². The molecule has 0 saturated heterocycles. The van der Waals surface area contributed by atoms with E-state index >= 15 is 0 Å². The fraction of sp³-hybridized carbons (Fsp3) is 0.429. The Morgan fingerprint density at radius 1 is 1.41 bits per heavy atom. The maximum Gasteiger partial charge on any atom is 0.294 e. The van der Waals surface area contributed by atoms with Gasteiger partial charge in [0.25, 0.3) is 11.9 Å². The first-order valence-electron chi connectivity index (χ1n) is 6.98. The van der Waals surface area contributed by atoms with E-state index in [2.05, 4.69) is 14.7 Å². The number of aromatic amines is 1. The SMILES string of the molecule is CCOc1nc2ccc(C(=O)NS(=O)(=O)CC(C)C)cc2[nH]1. The Labute approximate surface area is 129 Å². The third-order valence-corrected chi connectivity index (χ3v) is 4.41. The molecule has 0 aliphatic carbocycles. The Balaban J connectivity index is 2.21. The molecule has 2 N–H and O–H groups in total. The van der Waals surface area contributed by atoms with E-state index in [-0.39, 0.29) is 17.2 Å². The molecule has 22 heavy (non-hydrogen) atoms. The van der Waals surface area contributed by atoms with Gasteiger partial charge in [0, 0.05) is 5.56 Å². The molecule has 0 aliphatic heterocycles. The van der Waals surface area contributed by atoms with E-state index in [0.29, 0.717) is 23.7 Å². The standard InChI is InChI=1S/C14H19N3O4S/c1-4-21-14-15-11-6-5-10(7-12(11)16-14)13(18)17-22(19,20)8-9(2)3/h5-7,9H,4,8H2,1-3H3,(H,15,16)(H,17,18). The Morgan fingerprint density at radius 3 is 2.77 bits per heavy atom. The Morgan fingerprint density at radius 2 is 2.14 bits per heavy atom. The molecular formula is C14H19N3O4S. The number of amides is 1. The third-order valence-electron chi connectivity index (χ3n) is 2.80. The molecule has 2 aromatic rings. The number of H-pyrrole nitrogens is 1. The van der Waals surface area contributed by atoms with Crippen molar-refractivity contribution in [2.24, 2.45) is 5.92 Å². The zero-order chi connectivity index (χ0) is 16.3. The lowest BCUT2D eigenvalue weighted by Crippen LogP contribution is -2.33. The van der Waals surface area contributed by atoms with E-state index in [0.717, 1.165) is 0 Å². The first kappa shape index (κ1) is 16.3. The largest absolute Gasteiger partial charge is 0.465 e. The van der Waals surface area contributed by atoms with Crippen LogP contribution in [0.2, 0.25) is 0 Å². The second kappa shape index (κ2) is 6.35. The van der Waals surface area contributed by atoms with Gasteiger partial charge >= 0.3 is 0 Å². The van der Waals surface area contributed by atoms with Crippen molar-refractivity contribution in [1.82, 2.24) is 14.7 Å². The number of rotatable bonds is 6. The molecule has 120 valence electrons. The molecule has 7 nitrogen and oxygen atoms in total. The molecule has 1 aromatic heterocycles. The van der Waals surface area contributed by atoms with E-state index in [1.807, 2.05) is 6.92 Å². The summed E-state index contributed by atoms with van der Waals surface area (Å²) in [6.07, 6.45) is 0. The Hall–Kier alpha value is -2.09. The van der Waals surface area contributed by atoms with Gasteiger partial charge in [-0.2, -0.15) is 4.98 Å². The summed E-state index contributed by atoms with van der Waals surface area (Å²) in [7, 11) is -3.63. The summed E-state index contributed by atoms with van der Waals surface area (Å²) in [6, 6.07) is 5.07. The highest BCUT2D eigenvalue weighted by Crippen LogP contribution is 2.17. The van der Waals surface area contributed by atoms with E-state index in [9.17, 15) is 13.2 Å². The van der Waals surface area contributed by atoms with Gasteiger partial charge in [-0.15, -0.1) is 0 Å². The van der Waals surface area contributed by atoms with Crippen LogP contribution in [0.4, 0.5) is 0 Å². The predicted octanol–water partition coefficient (Wildman–Crippen LogP) is 1.68. The van der Waals surface area contributed by atoms with Crippen LogP contribution in [0.3, 0.4) is 0 Å². The van der Waals surface area contributed by atoms with Gasteiger partial charge in [0.1, 0.15) is 0 Å². The summed E-state index contributed by atoms with van der Waals surface area (Å²) in [6.45, 7) is 5.86. The number of carbonyl (C=O) groups is 1. The molecule has 1 aromatic carbocycles. The lowest BCUT2D eigenvalue weighted by molar-refractivity contribution is 0.0981. The van der Waals surface area contributed by atoms with Gasteiger partial charge < -0.3 is 9.72 Å². The van der Waals surface area contributed by atoms with Crippen molar-refractivity contribution in [3.63, 3.8) is 0 Å². The van der Waals surface area contributed by atoms with Crippen LogP contribution in [-0.2, 0) is 10.0 Å². The number of ether oxygens (including phenoxy) is 1. The van der Waals surface area contributed by atoms with Crippen molar-refractivity contribution >= 4 is 27.0 Å². The van der Waals surface area contributed by atoms with Gasteiger partial charge in [-0.1, -0.05) is 13.8 Å². The minimum Gasteiger partial charge on any atom is -0.465 e. The molecule has 2 rings (SSSR count). The number of nitrogens with zero attached hydrogens (tertiary/aromatic N) is 1. The molecule has 0 aliphatic rings. The van der Waals surface area contributed by atoms with Crippen LogP contribution in [0.5, 0.6) is 6.01 Å². The molecule has 0 bridgehead atoms.